The van der Waals surface area contributed by atoms with E-state index < -0.39 is 12.2 Å². The summed E-state index contributed by atoms with van der Waals surface area (Å²) >= 11 is 0. The highest BCUT2D eigenvalue weighted by atomic mass is 16.3. The second-order valence-corrected chi connectivity index (χ2v) is 3.84. The topological polar surface area (TPSA) is 106 Å². The molecule has 1 aromatic rings. The molecule has 0 spiro atoms. The van der Waals surface area contributed by atoms with E-state index in [1.165, 1.54) is 19.2 Å². The minimum Gasteiger partial charge on any atom is -0.390 e. The number of nitrogens with zero attached hydrogens (tertiary/aromatic N) is 2. The van der Waals surface area contributed by atoms with Gasteiger partial charge in [-0.1, -0.05) is 6.07 Å². The summed E-state index contributed by atoms with van der Waals surface area (Å²) < 4.78 is 0. The van der Waals surface area contributed by atoms with Crippen molar-refractivity contribution in [2.75, 3.05) is 6.54 Å². The fourth-order valence-electron chi connectivity index (χ4n) is 1.51. The van der Waals surface area contributed by atoms with E-state index in [9.17, 15) is 15.0 Å². The van der Waals surface area contributed by atoms with Crippen LogP contribution in [0.15, 0.2) is 18.3 Å². The zero-order valence-electron chi connectivity index (χ0n) is 10.00. The molecule has 6 heteroatoms. The number of aliphatic hydroxyl groups excluding tert-OH is 2. The highest BCUT2D eigenvalue weighted by Crippen LogP contribution is 2.20. The molecule has 2 atom stereocenters. The average molecular weight is 249 g/mol. The van der Waals surface area contributed by atoms with Crippen LogP contribution in [0.4, 0.5) is 0 Å². The van der Waals surface area contributed by atoms with Gasteiger partial charge in [-0.3, -0.25) is 4.79 Å². The molecule has 1 amide bonds. The Morgan fingerprint density at radius 3 is 2.94 bits per heavy atom. The standard InChI is InChI=1S/C12H15N3O3/c1-8(16)14-6-4-11(17)12(18)9-3-2-5-15-10(9)7-13/h2-3,5,11-12,17-18H,4,6H2,1H3,(H,14,16). The van der Waals surface area contributed by atoms with Crippen LogP contribution in [0.5, 0.6) is 0 Å². The van der Waals surface area contributed by atoms with Gasteiger partial charge in [0.25, 0.3) is 0 Å². The molecule has 3 N–H and O–H groups in total. The number of amides is 1. The van der Waals surface area contributed by atoms with E-state index in [0.717, 1.165) is 0 Å². The van der Waals surface area contributed by atoms with Crippen LogP contribution in [0.3, 0.4) is 0 Å². The van der Waals surface area contributed by atoms with E-state index in [2.05, 4.69) is 10.3 Å². The second-order valence-electron chi connectivity index (χ2n) is 3.84. The third-order valence-corrected chi connectivity index (χ3v) is 2.44. The van der Waals surface area contributed by atoms with Gasteiger partial charge in [0.1, 0.15) is 17.9 Å². The fraction of sp³-hybridized carbons (Fsp3) is 0.417. The lowest BCUT2D eigenvalue weighted by Gasteiger charge is -2.18. The van der Waals surface area contributed by atoms with Crippen LogP contribution in [-0.2, 0) is 4.79 Å². The molecule has 2 unspecified atom stereocenters. The predicted molar refractivity (Wildman–Crippen MR) is 63.2 cm³/mol. The van der Waals surface area contributed by atoms with Crippen molar-refractivity contribution in [3.05, 3.63) is 29.6 Å². The Morgan fingerprint density at radius 2 is 2.33 bits per heavy atom. The van der Waals surface area contributed by atoms with E-state index in [1.807, 2.05) is 6.07 Å². The summed E-state index contributed by atoms with van der Waals surface area (Å²) in [6.07, 6.45) is -0.617. The highest BCUT2D eigenvalue weighted by Gasteiger charge is 2.21. The molecule has 0 saturated heterocycles. The van der Waals surface area contributed by atoms with Crippen molar-refractivity contribution < 1.29 is 15.0 Å². The average Bonchev–Trinajstić information content (AvgIpc) is 2.37. The first kappa shape index (κ1) is 14.1. The smallest absolute Gasteiger partial charge is 0.216 e. The Kier molecular flexibility index (Phi) is 5.24. The van der Waals surface area contributed by atoms with Crippen LogP contribution in [0.1, 0.15) is 30.7 Å². The first-order valence-corrected chi connectivity index (χ1v) is 5.52. The van der Waals surface area contributed by atoms with Gasteiger partial charge >= 0.3 is 0 Å². The number of carbonyl (C=O) groups excluding carboxylic acids is 1. The van der Waals surface area contributed by atoms with Crippen molar-refractivity contribution in [3.8, 4) is 6.07 Å². The van der Waals surface area contributed by atoms with Gasteiger partial charge in [0.05, 0.1) is 6.10 Å². The molecule has 0 aromatic carbocycles. The maximum Gasteiger partial charge on any atom is 0.216 e. The third-order valence-electron chi connectivity index (χ3n) is 2.44. The predicted octanol–water partition coefficient (Wildman–Crippen LogP) is -0.126. The van der Waals surface area contributed by atoms with Crippen LogP contribution < -0.4 is 5.32 Å². The van der Waals surface area contributed by atoms with Gasteiger partial charge in [-0.15, -0.1) is 0 Å². The molecular formula is C12H15N3O3. The summed E-state index contributed by atoms with van der Waals surface area (Å²) in [5.74, 6) is -0.198. The second kappa shape index (κ2) is 6.69. The van der Waals surface area contributed by atoms with Gasteiger partial charge in [-0.2, -0.15) is 5.26 Å². The summed E-state index contributed by atoms with van der Waals surface area (Å²) in [6, 6.07) is 4.98. The van der Waals surface area contributed by atoms with Gasteiger partial charge in [-0.25, -0.2) is 4.98 Å². The Bertz CT molecular complexity index is 456. The Hall–Kier alpha value is -1.97. The zero-order valence-corrected chi connectivity index (χ0v) is 10.00. The molecule has 1 heterocycles. The van der Waals surface area contributed by atoms with Gasteiger partial charge in [0.2, 0.25) is 5.91 Å². The quantitative estimate of drug-likeness (QED) is 0.674. The molecule has 0 bridgehead atoms. The van der Waals surface area contributed by atoms with E-state index in [0.29, 0.717) is 0 Å². The van der Waals surface area contributed by atoms with E-state index in [-0.39, 0.29) is 30.1 Å². The lowest BCUT2D eigenvalue weighted by Crippen LogP contribution is -2.28. The monoisotopic (exact) mass is 249 g/mol. The van der Waals surface area contributed by atoms with Crippen molar-refractivity contribution in [2.45, 2.75) is 25.6 Å². The molecule has 0 saturated carbocycles. The van der Waals surface area contributed by atoms with Gasteiger partial charge in [0.15, 0.2) is 0 Å². The molecule has 18 heavy (non-hydrogen) atoms. The van der Waals surface area contributed by atoms with Crippen LogP contribution in [0.25, 0.3) is 0 Å². The van der Waals surface area contributed by atoms with Crippen LogP contribution in [0, 0.1) is 11.3 Å². The van der Waals surface area contributed by atoms with Crippen molar-refractivity contribution in [1.82, 2.24) is 10.3 Å². The first-order valence-electron chi connectivity index (χ1n) is 5.52. The molecule has 6 nitrogen and oxygen atoms in total. The summed E-state index contributed by atoms with van der Waals surface area (Å²) in [6.45, 7) is 1.63. The summed E-state index contributed by atoms with van der Waals surface area (Å²) in [5, 5.41) is 31.0. The molecule has 96 valence electrons. The summed E-state index contributed by atoms with van der Waals surface area (Å²) in [5.41, 5.74) is 0.374. The molecule has 0 fully saturated rings. The summed E-state index contributed by atoms with van der Waals surface area (Å²) in [7, 11) is 0. The van der Waals surface area contributed by atoms with Crippen LogP contribution in [0.2, 0.25) is 0 Å². The van der Waals surface area contributed by atoms with Crippen LogP contribution >= 0.6 is 0 Å². The number of hydrogen-bond donors (Lipinski definition) is 3. The molecule has 0 aliphatic carbocycles. The van der Waals surface area contributed by atoms with E-state index in [1.54, 1.807) is 6.07 Å². The largest absolute Gasteiger partial charge is 0.390 e. The van der Waals surface area contributed by atoms with Gasteiger partial charge in [0, 0.05) is 25.2 Å². The number of nitriles is 1. The highest BCUT2D eigenvalue weighted by molar-refractivity contribution is 5.72. The molecular weight excluding hydrogens is 234 g/mol. The van der Waals surface area contributed by atoms with E-state index in [4.69, 9.17) is 5.26 Å². The number of rotatable bonds is 5. The number of aliphatic hydroxyl groups is 2. The third kappa shape index (κ3) is 3.80. The van der Waals surface area contributed by atoms with Crippen LogP contribution in [-0.4, -0.2) is 33.8 Å². The maximum absolute atomic E-state index is 10.7. The molecule has 0 radical (unpaired) electrons. The lowest BCUT2D eigenvalue weighted by molar-refractivity contribution is -0.119. The number of carbonyl (C=O) groups is 1. The molecule has 1 rings (SSSR count). The maximum atomic E-state index is 10.7. The molecule has 0 aliphatic heterocycles. The number of hydrogen-bond acceptors (Lipinski definition) is 5. The lowest BCUT2D eigenvalue weighted by atomic mass is 10.0. The van der Waals surface area contributed by atoms with Gasteiger partial charge in [-0.05, 0) is 12.5 Å². The Labute approximate surface area is 105 Å². The first-order chi connectivity index (χ1) is 8.56. The fourth-order valence-corrected chi connectivity index (χ4v) is 1.51. The Morgan fingerprint density at radius 1 is 1.61 bits per heavy atom. The minimum atomic E-state index is -1.19. The van der Waals surface area contributed by atoms with Crippen molar-refractivity contribution >= 4 is 5.91 Å². The van der Waals surface area contributed by atoms with Gasteiger partial charge < -0.3 is 15.5 Å². The molecule has 0 aliphatic rings. The van der Waals surface area contributed by atoms with Crippen molar-refractivity contribution in [1.29, 1.82) is 5.26 Å². The SMILES string of the molecule is CC(=O)NCCC(O)C(O)c1cccnc1C#N. The number of pyridine rings is 1. The minimum absolute atomic E-state index is 0.0866. The summed E-state index contributed by atoms with van der Waals surface area (Å²) in [4.78, 5) is 14.5. The number of aromatic nitrogens is 1. The zero-order chi connectivity index (χ0) is 13.5. The molecule has 1 aromatic heterocycles. The Balaban J connectivity index is 2.65. The number of nitrogens with one attached hydrogen (secondary N) is 1. The van der Waals surface area contributed by atoms with Crippen molar-refractivity contribution in [3.63, 3.8) is 0 Å². The van der Waals surface area contributed by atoms with E-state index >= 15 is 0 Å². The normalized spacial score (nSPS) is 13.4. The van der Waals surface area contributed by atoms with Crippen molar-refractivity contribution in [2.24, 2.45) is 0 Å².